The summed E-state index contributed by atoms with van der Waals surface area (Å²) in [5.74, 6) is 0.0636. The minimum absolute atomic E-state index is 0.0195. The Morgan fingerprint density at radius 1 is 1.15 bits per heavy atom. The van der Waals surface area contributed by atoms with Gasteiger partial charge in [0.25, 0.3) is 0 Å². The van der Waals surface area contributed by atoms with Crippen molar-refractivity contribution in [3.63, 3.8) is 0 Å². The van der Waals surface area contributed by atoms with Crippen LogP contribution in [0, 0.1) is 12.7 Å². The summed E-state index contributed by atoms with van der Waals surface area (Å²) in [4.78, 5) is 2.13. The Kier molecular flexibility index (Phi) is 4.28. The number of halogens is 1. The first-order chi connectivity index (χ1) is 9.52. The van der Waals surface area contributed by atoms with Gasteiger partial charge in [0.15, 0.2) is 0 Å². The lowest BCUT2D eigenvalue weighted by molar-refractivity contribution is 0.460. The lowest BCUT2D eigenvalue weighted by atomic mass is 10.0. The van der Waals surface area contributed by atoms with E-state index in [0.29, 0.717) is 5.75 Å². The van der Waals surface area contributed by atoms with Crippen LogP contribution in [0.1, 0.15) is 31.0 Å². The minimum Gasteiger partial charge on any atom is -0.508 e. The van der Waals surface area contributed by atoms with Crippen LogP contribution in [-0.4, -0.2) is 11.7 Å². The first-order valence-corrected chi connectivity index (χ1v) is 6.84. The Labute approximate surface area is 119 Å². The summed E-state index contributed by atoms with van der Waals surface area (Å²) in [5.41, 5.74) is 2.85. The molecule has 2 aromatic rings. The van der Waals surface area contributed by atoms with Crippen LogP contribution in [0.5, 0.6) is 5.75 Å². The summed E-state index contributed by atoms with van der Waals surface area (Å²) in [5, 5.41) is 10.1. The van der Waals surface area contributed by atoms with Crippen LogP contribution >= 0.6 is 0 Å². The number of benzene rings is 2. The highest BCUT2D eigenvalue weighted by Crippen LogP contribution is 2.32. The highest BCUT2D eigenvalue weighted by atomic mass is 19.1. The van der Waals surface area contributed by atoms with Crippen LogP contribution in [0.25, 0.3) is 0 Å². The summed E-state index contributed by atoms with van der Waals surface area (Å²) in [7, 11) is 0. The fourth-order valence-electron chi connectivity index (χ4n) is 2.49. The predicted molar refractivity (Wildman–Crippen MR) is 80.7 cm³/mol. The van der Waals surface area contributed by atoms with E-state index < -0.39 is 0 Å². The Hall–Kier alpha value is -2.03. The van der Waals surface area contributed by atoms with Crippen LogP contribution in [0.3, 0.4) is 0 Å². The quantitative estimate of drug-likeness (QED) is 0.891. The molecule has 0 bridgehead atoms. The van der Waals surface area contributed by atoms with E-state index in [4.69, 9.17) is 0 Å². The summed E-state index contributed by atoms with van der Waals surface area (Å²) >= 11 is 0. The molecule has 0 spiro atoms. The zero-order valence-electron chi connectivity index (χ0n) is 12.1. The predicted octanol–water partition coefficient (Wildman–Crippen LogP) is 4.43. The van der Waals surface area contributed by atoms with E-state index >= 15 is 0 Å². The number of rotatable bonds is 4. The van der Waals surface area contributed by atoms with Crippen molar-refractivity contribution in [2.45, 2.75) is 26.8 Å². The molecular weight excluding hydrogens is 253 g/mol. The molecule has 20 heavy (non-hydrogen) atoms. The number of aryl methyl sites for hydroxylation is 1. The zero-order chi connectivity index (χ0) is 14.7. The topological polar surface area (TPSA) is 23.5 Å². The number of phenols is 1. The van der Waals surface area contributed by atoms with Gasteiger partial charge >= 0.3 is 0 Å². The third kappa shape index (κ3) is 2.93. The molecule has 0 heterocycles. The molecule has 0 aliphatic carbocycles. The third-order valence-electron chi connectivity index (χ3n) is 3.60. The van der Waals surface area contributed by atoms with Crippen molar-refractivity contribution in [1.29, 1.82) is 0 Å². The molecule has 0 saturated heterocycles. The molecule has 1 N–H and O–H groups in total. The van der Waals surface area contributed by atoms with Gasteiger partial charge in [0.1, 0.15) is 11.6 Å². The Morgan fingerprint density at radius 2 is 1.80 bits per heavy atom. The van der Waals surface area contributed by atoms with Gasteiger partial charge in [0, 0.05) is 17.8 Å². The molecule has 2 nitrogen and oxygen atoms in total. The number of hydrogen-bond donors (Lipinski definition) is 1. The van der Waals surface area contributed by atoms with Gasteiger partial charge in [-0.25, -0.2) is 4.39 Å². The van der Waals surface area contributed by atoms with Gasteiger partial charge in [0.05, 0.1) is 6.04 Å². The second-order valence-electron chi connectivity index (χ2n) is 5.00. The Bertz CT molecular complexity index is 580. The highest BCUT2D eigenvalue weighted by molar-refractivity contribution is 5.50. The molecule has 106 valence electrons. The number of phenolic OH excluding ortho intramolecular Hbond substituents is 1. The standard InChI is InChI=1S/C17H20FNO/c1-4-19(15-8-6-14(18)7-9-15)13(3)16-10-5-12(2)11-17(16)20/h5-11,13,20H,4H2,1-3H3. The SMILES string of the molecule is CCN(c1ccc(F)cc1)C(C)c1ccc(C)cc1O. The molecule has 0 aliphatic rings. The van der Waals surface area contributed by atoms with Gasteiger partial charge in [-0.05, 0) is 56.7 Å². The molecule has 0 aromatic heterocycles. The average Bonchev–Trinajstić information content (AvgIpc) is 2.41. The molecule has 0 radical (unpaired) electrons. The van der Waals surface area contributed by atoms with Gasteiger partial charge in [0.2, 0.25) is 0 Å². The van der Waals surface area contributed by atoms with E-state index in [1.807, 2.05) is 32.9 Å². The molecule has 3 heteroatoms. The second kappa shape index (κ2) is 5.95. The second-order valence-corrected chi connectivity index (χ2v) is 5.00. The number of aromatic hydroxyl groups is 1. The maximum Gasteiger partial charge on any atom is 0.123 e. The van der Waals surface area contributed by atoms with Crippen molar-refractivity contribution in [3.05, 3.63) is 59.4 Å². The molecule has 1 unspecified atom stereocenters. The zero-order valence-corrected chi connectivity index (χ0v) is 12.1. The van der Waals surface area contributed by atoms with E-state index in [0.717, 1.165) is 23.4 Å². The van der Waals surface area contributed by atoms with Gasteiger partial charge < -0.3 is 10.0 Å². The largest absolute Gasteiger partial charge is 0.508 e. The number of anilines is 1. The van der Waals surface area contributed by atoms with E-state index in [1.165, 1.54) is 12.1 Å². The molecule has 2 aromatic carbocycles. The lowest BCUT2D eigenvalue weighted by Gasteiger charge is -2.31. The fourth-order valence-corrected chi connectivity index (χ4v) is 2.49. The fraction of sp³-hybridized carbons (Fsp3) is 0.294. The first kappa shape index (κ1) is 14.4. The van der Waals surface area contributed by atoms with Gasteiger partial charge in [-0.1, -0.05) is 12.1 Å². The van der Waals surface area contributed by atoms with Crippen molar-refractivity contribution in [2.24, 2.45) is 0 Å². The molecule has 0 aliphatic heterocycles. The van der Waals surface area contributed by atoms with Gasteiger partial charge in [-0.2, -0.15) is 0 Å². The smallest absolute Gasteiger partial charge is 0.123 e. The van der Waals surface area contributed by atoms with E-state index in [9.17, 15) is 9.50 Å². The van der Waals surface area contributed by atoms with Crippen LogP contribution in [0.2, 0.25) is 0 Å². The normalized spacial score (nSPS) is 12.2. The lowest BCUT2D eigenvalue weighted by Crippen LogP contribution is -2.26. The Morgan fingerprint density at radius 3 is 2.35 bits per heavy atom. The van der Waals surface area contributed by atoms with Crippen LogP contribution in [0.4, 0.5) is 10.1 Å². The minimum atomic E-state index is -0.240. The van der Waals surface area contributed by atoms with Crippen molar-refractivity contribution >= 4 is 5.69 Å². The molecule has 0 fully saturated rings. The van der Waals surface area contributed by atoms with Crippen molar-refractivity contribution in [3.8, 4) is 5.75 Å². The maximum atomic E-state index is 13.0. The highest BCUT2D eigenvalue weighted by Gasteiger charge is 2.17. The molecule has 0 saturated carbocycles. The van der Waals surface area contributed by atoms with Crippen LogP contribution < -0.4 is 4.90 Å². The van der Waals surface area contributed by atoms with Gasteiger partial charge in [-0.3, -0.25) is 0 Å². The molecular formula is C17H20FNO. The van der Waals surface area contributed by atoms with Gasteiger partial charge in [-0.15, -0.1) is 0 Å². The number of hydrogen-bond acceptors (Lipinski definition) is 2. The summed E-state index contributed by atoms with van der Waals surface area (Å²) in [6, 6.07) is 12.2. The van der Waals surface area contributed by atoms with Crippen molar-refractivity contribution in [1.82, 2.24) is 0 Å². The van der Waals surface area contributed by atoms with Crippen molar-refractivity contribution < 1.29 is 9.50 Å². The van der Waals surface area contributed by atoms with E-state index in [-0.39, 0.29) is 11.9 Å². The third-order valence-corrected chi connectivity index (χ3v) is 3.60. The summed E-state index contributed by atoms with van der Waals surface area (Å²) in [6.45, 7) is 6.81. The first-order valence-electron chi connectivity index (χ1n) is 6.84. The van der Waals surface area contributed by atoms with E-state index in [2.05, 4.69) is 4.90 Å². The monoisotopic (exact) mass is 273 g/mol. The van der Waals surface area contributed by atoms with Crippen molar-refractivity contribution in [2.75, 3.05) is 11.4 Å². The summed E-state index contributed by atoms with van der Waals surface area (Å²) in [6.07, 6.45) is 0. The van der Waals surface area contributed by atoms with E-state index in [1.54, 1.807) is 18.2 Å². The maximum absolute atomic E-state index is 13.0. The molecule has 2 rings (SSSR count). The average molecular weight is 273 g/mol. The number of nitrogens with zero attached hydrogens (tertiary/aromatic N) is 1. The Balaban J connectivity index is 2.33. The van der Waals surface area contributed by atoms with Crippen LogP contribution in [-0.2, 0) is 0 Å². The molecule has 1 atom stereocenters. The molecule has 0 amide bonds. The van der Waals surface area contributed by atoms with Crippen LogP contribution in [0.15, 0.2) is 42.5 Å². The summed E-state index contributed by atoms with van der Waals surface area (Å²) < 4.78 is 13.0.